The normalized spacial score (nSPS) is 23.5. The number of amides is 1. The molecule has 0 N–H and O–H groups in total. The monoisotopic (exact) mass is 429 g/mol. The molecule has 1 aromatic carbocycles. The number of likely N-dealkylation sites (N-methyl/N-ethyl adjacent to an activating group) is 1. The van der Waals surface area contributed by atoms with Gasteiger partial charge < -0.3 is 9.47 Å². The predicted octanol–water partition coefficient (Wildman–Crippen LogP) is 4.92. The molecule has 1 unspecified atom stereocenters. The first kappa shape index (κ1) is 21.3. The molecular weight excluding hydrogens is 398 g/mol. The van der Waals surface area contributed by atoms with Crippen LogP contribution in [-0.4, -0.2) is 59.8 Å². The molecule has 162 valence electrons. The summed E-state index contributed by atoms with van der Waals surface area (Å²) in [5.41, 5.74) is 2.36. The van der Waals surface area contributed by atoms with Crippen molar-refractivity contribution in [2.45, 2.75) is 45.8 Å². The number of hydrogen-bond donors (Lipinski definition) is 0. The lowest BCUT2D eigenvalue weighted by Crippen LogP contribution is -2.39. The van der Waals surface area contributed by atoms with Gasteiger partial charge >= 0.3 is 6.09 Å². The van der Waals surface area contributed by atoms with Crippen molar-refractivity contribution in [2.75, 3.05) is 33.4 Å². The number of thiazole rings is 1. The highest BCUT2D eigenvalue weighted by molar-refractivity contribution is 7.18. The van der Waals surface area contributed by atoms with Gasteiger partial charge in [-0.25, -0.2) is 9.78 Å². The zero-order valence-corrected chi connectivity index (χ0v) is 19.3. The number of morpholine rings is 1. The minimum atomic E-state index is -0.523. The average molecular weight is 430 g/mol. The SMILES string of the molecule is C[C@H]1CC=C(c2ccc3sc(C4COCCN4C)nc3c2)N(C(=O)OC(C)(C)C)C1. The van der Waals surface area contributed by atoms with Gasteiger partial charge in [0.2, 0.25) is 0 Å². The highest BCUT2D eigenvalue weighted by Crippen LogP contribution is 2.34. The van der Waals surface area contributed by atoms with Crippen molar-refractivity contribution in [1.82, 2.24) is 14.8 Å². The van der Waals surface area contributed by atoms with Crippen LogP contribution in [0, 0.1) is 5.92 Å². The van der Waals surface area contributed by atoms with Crippen molar-refractivity contribution < 1.29 is 14.3 Å². The maximum Gasteiger partial charge on any atom is 0.414 e. The van der Waals surface area contributed by atoms with Crippen molar-refractivity contribution in [2.24, 2.45) is 5.92 Å². The van der Waals surface area contributed by atoms with Gasteiger partial charge in [-0.2, -0.15) is 0 Å². The molecule has 1 fully saturated rings. The molecule has 0 saturated carbocycles. The second-order valence-electron chi connectivity index (χ2n) is 9.33. The smallest absolute Gasteiger partial charge is 0.414 e. The molecule has 2 atom stereocenters. The first-order chi connectivity index (χ1) is 14.2. The zero-order valence-electron chi connectivity index (χ0n) is 18.5. The van der Waals surface area contributed by atoms with E-state index in [0.717, 1.165) is 46.1 Å². The summed E-state index contributed by atoms with van der Waals surface area (Å²) < 4.78 is 12.5. The summed E-state index contributed by atoms with van der Waals surface area (Å²) in [5.74, 6) is 0.401. The van der Waals surface area contributed by atoms with Crippen molar-refractivity contribution in [3.8, 4) is 0 Å². The van der Waals surface area contributed by atoms with Crippen LogP contribution in [0.5, 0.6) is 0 Å². The van der Waals surface area contributed by atoms with E-state index in [1.54, 1.807) is 16.2 Å². The summed E-state index contributed by atoms with van der Waals surface area (Å²) >= 11 is 1.72. The number of fused-ring (bicyclic) bond motifs is 1. The van der Waals surface area contributed by atoms with E-state index in [9.17, 15) is 4.79 Å². The van der Waals surface area contributed by atoms with Crippen molar-refractivity contribution in [3.05, 3.63) is 34.8 Å². The summed E-state index contributed by atoms with van der Waals surface area (Å²) in [6.45, 7) is 10.9. The van der Waals surface area contributed by atoms with Crippen LogP contribution in [0.4, 0.5) is 4.79 Å². The maximum atomic E-state index is 12.9. The van der Waals surface area contributed by atoms with E-state index in [4.69, 9.17) is 14.5 Å². The van der Waals surface area contributed by atoms with Crippen LogP contribution in [-0.2, 0) is 9.47 Å². The Labute approximate surface area is 182 Å². The third kappa shape index (κ3) is 4.53. The molecule has 3 heterocycles. The van der Waals surface area contributed by atoms with E-state index >= 15 is 0 Å². The molecule has 30 heavy (non-hydrogen) atoms. The van der Waals surface area contributed by atoms with Crippen molar-refractivity contribution >= 4 is 33.3 Å². The topological polar surface area (TPSA) is 54.9 Å². The lowest BCUT2D eigenvalue weighted by Gasteiger charge is -2.33. The van der Waals surface area contributed by atoms with E-state index in [0.29, 0.717) is 19.1 Å². The molecule has 2 aliphatic rings. The summed E-state index contributed by atoms with van der Waals surface area (Å²) in [5, 5.41) is 1.08. The molecule has 4 rings (SSSR count). The Morgan fingerprint density at radius 2 is 2.13 bits per heavy atom. The fourth-order valence-electron chi connectivity index (χ4n) is 3.86. The lowest BCUT2D eigenvalue weighted by atomic mass is 9.98. The number of aromatic nitrogens is 1. The predicted molar refractivity (Wildman–Crippen MR) is 121 cm³/mol. The fraction of sp³-hybridized carbons (Fsp3) is 0.565. The van der Waals surface area contributed by atoms with Crippen LogP contribution in [0.2, 0.25) is 0 Å². The first-order valence-electron chi connectivity index (χ1n) is 10.6. The lowest BCUT2D eigenvalue weighted by molar-refractivity contribution is 0.00506. The third-order valence-corrected chi connectivity index (χ3v) is 6.63. The van der Waals surface area contributed by atoms with Crippen LogP contribution < -0.4 is 0 Å². The second kappa shape index (κ2) is 8.29. The van der Waals surface area contributed by atoms with E-state index in [2.05, 4.69) is 43.1 Å². The van der Waals surface area contributed by atoms with Crippen LogP contribution in [0.15, 0.2) is 24.3 Å². The van der Waals surface area contributed by atoms with Gasteiger partial charge in [0.05, 0.1) is 35.2 Å². The average Bonchev–Trinajstić information content (AvgIpc) is 3.10. The molecule has 7 heteroatoms. The van der Waals surface area contributed by atoms with Gasteiger partial charge in [-0.3, -0.25) is 9.80 Å². The molecule has 6 nitrogen and oxygen atoms in total. The number of carbonyl (C=O) groups excluding carboxylic acids is 1. The Hall–Kier alpha value is -1.96. The highest BCUT2D eigenvalue weighted by Gasteiger charge is 2.30. The van der Waals surface area contributed by atoms with Crippen LogP contribution >= 0.6 is 11.3 Å². The summed E-state index contributed by atoms with van der Waals surface area (Å²) in [7, 11) is 2.12. The molecule has 0 aliphatic carbocycles. The van der Waals surface area contributed by atoms with Crippen molar-refractivity contribution in [1.29, 1.82) is 0 Å². The van der Waals surface area contributed by atoms with E-state index in [1.807, 2.05) is 20.8 Å². The van der Waals surface area contributed by atoms with Gasteiger partial charge in [0.1, 0.15) is 10.6 Å². The van der Waals surface area contributed by atoms with Crippen LogP contribution in [0.1, 0.15) is 50.7 Å². The molecule has 2 aromatic rings. The molecule has 0 radical (unpaired) electrons. The number of carbonyl (C=O) groups is 1. The van der Waals surface area contributed by atoms with Gasteiger partial charge in [-0.15, -0.1) is 11.3 Å². The Balaban J connectivity index is 1.64. The van der Waals surface area contributed by atoms with Crippen LogP contribution in [0.3, 0.4) is 0 Å². The summed E-state index contributed by atoms with van der Waals surface area (Å²) in [6.07, 6.45) is 2.80. The van der Waals surface area contributed by atoms with Gasteiger partial charge in [-0.05, 0) is 52.3 Å². The molecule has 1 saturated heterocycles. The third-order valence-electron chi connectivity index (χ3n) is 5.49. The van der Waals surface area contributed by atoms with Gasteiger partial charge in [0.25, 0.3) is 0 Å². The number of hydrogen-bond acceptors (Lipinski definition) is 6. The zero-order chi connectivity index (χ0) is 21.5. The number of ether oxygens (including phenoxy) is 2. The number of nitrogens with zero attached hydrogens (tertiary/aromatic N) is 3. The minimum Gasteiger partial charge on any atom is -0.443 e. The minimum absolute atomic E-state index is 0.201. The Bertz CT molecular complexity index is 962. The van der Waals surface area contributed by atoms with Gasteiger partial charge in [0.15, 0.2) is 0 Å². The highest BCUT2D eigenvalue weighted by atomic mass is 32.1. The second-order valence-corrected chi connectivity index (χ2v) is 10.4. The molecule has 0 bridgehead atoms. The molecule has 0 spiro atoms. The van der Waals surface area contributed by atoms with Gasteiger partial charge in [-0.1, -0.05) is 19.1 Å². The fourth-order valence-corrected chi connectivity index (χ4v) is 4.96. The van der Waals surface area contributed by atoms with Crippen LogP contribution in [0.25, 0.3) is 15.9 Å². The largest absolute Gasteiger partial charge is 0.443 e. The molecule has 1 aromatic heterocycles. The number of benzene rings is 1. The summed E-state index contributed by atoms with van der Waals surface area (Å²) in [4.78, 5) is 21.9. The Kier molecular flexibility index (Phi) is 5.88. The Morgan fingerprint density at radius 3 is 2.87 bits per heavy atom. The Morgan fingerprint density at radius 1 is 1.33 bits per heavy atom. The van der Waals surface area contributed by atoms with Gasteiger partial charge in [0, 0.05) is 18.7 Å². The summed E-state index contributed by atoms with van der Waals surface area (Å²) in [6, 6.07) is 6.50. The quantitative estimate of drug-likeness (QED) is 0.678. The number of rotatable bonds is 2. The number of allylic oxidation sites excluding steroid dienone is 1. The standard InChI is InChI=1S/C23H31N3O3S/c1-15-6-8-18(26(13-15)22(27)29-23(2,3)4)16-7-9-20-17(12-16)24-21(30-20)19-14-28-11-10-25(19)5/h7-9,12,15,19H,6,10-11,13-14H2,1-5H3/t15-,19?/m0/s1. The maximum absolute atomic E-state index is 12.9. The van der Waals surface area contributed by atoms with E-state index in [-0.39, 0.29) is 12.1 Å². The molecular formula is C23H31N3O3S. The molecule has 1 amide bonds. The first-order valence-corrected chi connectivity index (χ1v) is 11.4. The molecule has 2 aliphatic heterocycles. The van der Waals surface area contributed by atoms with E-state index < -0.39 is 5.60 Å². The van der Waals surface area contributed by atoms with E-state index in [1.165, 1.54) is 0 Å². The van der Waals surface area contributed by atoms with Crippen molar-refractivity contribution in [3.63, 3.8) is 0 Å².